The van der Waals surface area contributed by atoms with Gasteiger partial charge in [-0.05, 0) is 30.7 Å². The van der Waals surface area contributed by atoms with Crippen LogP contribution in [0.15, 0.2) is 24.3 Å². The summed E-state index contributed by atoms with van der Waals surface area (Å²) in [5.74, 6) is -0.838. The first kappa shape index (κ1) is 15.1. The molecule has 0 saturated carbocycles. The van der Waals surface area contributed by atoms with Gasteiger partial charge in [0.15, 0.2) is 0 Å². The molecule has 0 aromatic heterocycles. The van der Waals surface area contributed by atoms with Crippen LogP contribution in [0.3, 0.4) is 0 Å². The first-order valence-corrected chi connectivity index (χ1v) is 6.02. The number of carbonyl (C=O) groups is 2. The molecule has 1 rings (SSSR count). The highest BCUT2D eigenvalue weighted by Gasteiger charge is 2.16. The number of carbonyl (C=O) groups excluding carboxylic acids is 2. The molecule has 0 aliphatic heterocycles. The fourth-order valence-corrected chi connectivity index (χ4v) is 1.64. The van der Waals surface area contributed by atoms with E-state index in [9.17, 15) is 14.0 Å². The monoisotopic (exact) mass is 267 g/mol. The summed E-state index contributed by atoms with van der Waals surface area (Å²) in [7, 11) is 0. The van der Waals surface area contributed by atoms with Gasteiger partial charge >= 0.3 is 0 Å². The maximum absolute atomic E-state index is 12.7. The molecule has 104 valence electrons. The predicted octanol–water partition coefficient (Wildman–Crippen LogP) is 0.864. The first-order valence-electron chi connectivity index (χ1n) is 6.02. The number of rotatable bonds is 7. The van der Waals surface area contributed by atoms with Crippen molar-refractivity contribution in [3.63, 3.8) is 0 Å². The molecule has 0 aliphatic rings. The fraction of sp³-hybridized carbons (Fsp3) is 0.385. The summed E-state index contributed by atoms with van der Waals surface area (Å²) in [5.41, 5.74) is 6.30. The van der Waals surface area contributed by atoms with Crippen molar-refractivity contribution in [3.05, 3.63) is 30.1 Å². The van der Waals surface area contributed by atoms with Gasteiger partial charge in [-0.25, -0.2) is 4.39 Å². The van der Waals surface area contributed by atoms with Crippen LogP contribution in [0.25, 0.3) is 0 Å². The van der Waals surface area contributed by atoms with E-state index in [1.165, 1.54) is 24.3 Å². The number of hydrogen-bond donors (Lipinski definition) is 3. The lowest BCUT2D eigenvalue weighted by Crippen LogP contribution is -2.36. The van der Waals surface area contributed by atoms with E-state index in [1.54, 1.807) is 6.92 Å². The minimum absolute atomic E-state index is 0.187. The Morgan fingerprint density at radius 2 is 2.05 bits per heavy atom. The zero-order valence-corrected chi connectivity index (χ0v) is 10.7. The molecule has 2 atom stereocenters. The maximum Gasteiger partial charge on any atom is 0.227 e. The van der Waals surface area contributed by atoms with Gasteiger partial charge in [0.05, 0.1) is 0 Å². The van der Waals surface area contributed by atoms with E-state index >= 15 is 0 Å². The van der Waals surface area contributed by atoms with Crippen LogP contribution < -0.4 is 16.4 Å². The molecule has 19 heavy (non-hydrogen) atoms. The third kappa shape index (κ3) is 5.48. The Bertz CT molecular complexity index is 422. The van der Waals surface area contributed by atoms with E-state index in [4.69, 9.17) is 5.73 Å². The predicted molar refractivity (Wildman–Crippen MR) is 70.9 cm³/mol. The van der Waals surface area contributed by atoms with Crippen molar-refractivity contribution in [2.24, 2.45) is 11.7 Å². The summed E-state index contributed by atoms with van der Waals surface area (Å²) in [6.45, 7) is 2.08. The van der Waals surface area contributed by atoms with Crippen molar-refractivity contribution >= 4 is 18.0 Å². The lowest BCUT2D eigenvalue weighted by Gasteiger charge is -2.16. The lowest BCUT2D eigenvalue weighted by molar-refractivity contribution is -0.119. The zero-order chi connectivity index (χ0) is 14.3. The molecule has 1 aromatic rings. The van der Waals surface area contributed by atoms with Crippen molar-refractivity contribution in [2.45, 2.75) is 19.4 Å². The lowest BCUT2D eigenvalue weighted by atomic mass is 10.0. The van der Waals surface area contributed by atoms with Crippen LogP contribution in [0.2, 0.25) is 0 Å². The highest BCUT2D eigenvalue weighted by atomic mass is 19.1. The first-order chi connectivity index (χ1) is 9.02. The van der Waals surface area contributed by atoms with E-state index in [0.29, 0.717) is 25.1 Å². The molecule has 0 fully saturated rings. The minimum atomic E-state index is -0.354. The Labute approximate surface area is 111 Å². The average Bonchev–Trinajstić information content (AvgIpc) is 2.39. The van der Waals surface area contributed by atoms with Crippen LogP contribution in [0.4, 0.5) is 10.1 Å². The SMILES string of the molecule is CC(CC(N)CNC=O)C(=O)Nc1ccc(F)cc1. The summed E-state index contributed by atoms with van der Waals surface area (Å²) in [5, 5.41) is 5.15. The molecule has 4 N–H and O–H groups in total. The highest BCUT2D eigenvalue weighted by Crippen LogP contribution is 2.12. The van der Waals surface area contributed by atoms with Gasteiger partial charge in [-0.3, -0.25) is 9.59 Å². The highest BCUT2D eigenvalue weighted by molar-refractivity contribution is 5.92. The number of hydrogen-bond acceptors (Lipinski definition) is 3. The van der Waals surface area contributed by atoms with Crippen molar-refractivity contribution < 1.29 is 14.0 Å². The molecule has 2 unspecified atom stereocenters. The fourth-order valence-electron chi connectivity index (χ4n) is 1.64. The number of anilines is 1. The summed E-state index contributed by atoms with van der Waals surface area (Å²) >= 11 is 0. The molecule has 0 saturated heterocycles. The Balaban J connectivity index is 2.44. The Morgan fingerprint density at radius 1 is 1.42 bits per heavy atom. The normalized spacial score (nSPS) is 13.4. The van der Waals surface area contributed by atoms with E-state index < -0.39 is 0 Å². The van der Waals surface area contributed by atoms with Gasteiger partial charge in [-0.2, -0.15) is 0 Å². The van der Waals surface area contributed by atoms with Crippen molar-refractivity contribution in [1.29, 1.82) is 0 Å². The van der Waals surface area contributed by atoms with E-state index in [1.807, 2.05) is 0 Å². The number of benzene rings is 1. The van der Waals surface area contributed by atoms with Gasteiger partial charge < -0.3 is 16.4 Å². The van der Waals surface area contributed by atoms with Crippen molar-refractivity contribution in [3.8, 4) is 0 Å². The van der Waals surface area contributed by atoms with Crippen LogP contribution in [-0.4, -0.2) is 24.9 Å². The van der Waals surface area contributed by atoms with E-state index in [0.717, 1.165) is 0 Å². The second kappa shape index (κ2) is 7.48. The summed E-state index contributed by atoms with van der Waals surface area (Å²) in [6, 6.07) is 5.26. The molecule has 6 heteroatoms. The van der Waals surface area contributed by atoms with E-state index in [-0.39, 0.29) is 23.7 Å². The molecule has 1 aromatic carbocycles. The van der Waals surface area contributed by atoms with Gasteiger partial charge in [0.2, 0.25) is 12.3 Å². The number of amides is 2. The van der Waals surface area contributed by atoms with Gasteiger partial charge in [0.25, 0.3) is 0 Å². The molecular weight excluding hydrogens is 249 g/mol. The standard InChI is InChI=1S/C13H18FN3O2/c1-9(6-11(15)7-16-8-18)13(19)17-12-4-2-10(14)3-5-12/h2-5,8-9,11H,6-7,15H2,1H3,(H,16,18)(H,17,19). The zero-order valence-electron chi connectivity index (χ0n) is 10.7. The van der Waals surface area contributed by atoms with Crippen molar-refractivity contribution in [1.82, 2.24) is 5.32 Å². The molecule has 0 bridgehead atoms. The maximum atomic E-state index is 12.7. The van der Waals surface area contributed by atoms with E-state index in [2.05, 4.69) is 10.6 Å². The van der Waals surface area contributed by atoms with Crippen molar-refractivity contribution in [2.75, 3.05) is 11.9 Å². The van der Waals surface area contributed by atoms with Crippen LogP contribution in [0.5, 0.6) is 0 Å². The smallest absolute Gasteiger partial charge is 0.227 e. The second-order valence-electron chi connectivity index (χ2n) is 4.42. The summed E-state index contributed by atoms with van der Waals surface area (Å²) in [6.07, 6.45) is 1.02. The third-order valence-electron chi connectivity index (χ3n) is 2.68. The molecule has 5 nitrogen and oxygen atoms in total. The largest absolute Gasteiger partial charge is 0.357 e. The molecule has 0 aliphatic carbocycles. The number of nitrogens with one attached hydrogen (secondary N) is 2. The number of nitrogens with two attached hydrogens (primary N) is 1. The van der Waals surface area contributed by atoms with Crippen LogP contribution >= 0.6 is 0 Å². The van der Waals surface area contributed by atoms with Crippen LogP contribution in [0, 0.1) is 11.7 Å². The topological polar surface area (TPSA) is 84.2 Å². The molecule has 0 radical (unpaired) electrons. The van der Waals surface area contributed by atoms with Crippen LogP contribution in [-0.2, 0) is 9.59 Å². The summed E-state index contributed by atoms with van der Waals surface area (Å²) < 4.78 is 12.7. The molecule has 2 amide bonds. The Morgan fingerprint density at radius 3 is 2.63 bits per heavy atom. The quantitative estimate of drug-likeness (QED) is 0.641. The Kier molecular flexibility index (Phi) is 5.95. The number of halogens is 1. The molecular formula is C13H18FN3O2. The molecule has 0 spiro atoms. The van der Waals surface area contributed by atoms with Gasteiger partial charge in [0, 0.05) is 24.2 Å². The summed E-state index contributed by atoms with van der Waals surface area (Å²) in [4.78, 5) is 22.0. The third-order valence-corrected chi connectivity index (χ3v) is 2.68. The average molecular weight is 267 g/mol. The molecule has 0 heterocycles. The minimum Gasteiger partial charge on any atom is -0.357 e. The van der Waals surface area contributed by atoms with Gasteiger partial charge in [-0.15, -0.1) is 0 Å². The van der Waals surface area contributed by atoms with Crippen LogP contribution in [0.1, 0.15) is 13.3 Å². The Hall–Kier alpha value is -1.95. The van der Waals surface area contributed by atoms with Gasteiger partial charge in [0.1, 0.15) is 5.82 Å². The second-order valence-corrected chi connectivity index (χ2v) is 4.42. The van der Waals surface area contributed by atoms with Gasteiger partial charge in [-0.1, -0.05) is 6.92 Å².